The first-order valence-electron chi connectivity index (χ1n) is 14.4. The first-order valence-corrected chi connectivity index (χ1v) is 15.2. The lowest BCUT2D eigenvalue weighted by molar-refractivity contribution is 1.08. The number of nitrogens with zero attached hydrogens (tertiary/aromatic N) is 3. The average Bonchev–Trinajstić information content (AvgIpc) is 3.46. The van der Waals surface area contributed by atoms with E-state index in [0.29, 0.717) is 17.5 Å². The van der Waals surface area contributed by atoms with Gasteiger partial charge in [-0.1, -0.05) is 115 Å². The zero-order valence-electron chi connectivity index (χ0n) is 23.0. The van der Waals surface area contributed by atoms with Crippen molar-refractivity contribution in [3.05, 3.63) is 140 Å². The highest BCUT2D eigenvalue weighted by atomic mass is 32.1. The molecule has 7 aromatic carbocycles. The fraction of sp³-hybridized carbons (Fsp3) is 0. The van der Waals surface area contributed by atoms with Gasteiger partial charge in [0.05, 0.1) is 0 Å². The average molecular weight is 566 g/mol. The lowest BCUT2D eigenvalue weighted by atomic mass is 10.00. The lowest BCUT2D eigenvalue weighted by Gasteiger charge is -2.11. The summed E-state index contributed by atoms with van der Waals surface area (Å²) in [6, 6.07) is 49.2. The molecule has 2 heterocycles. The van der Waals surface area contributed by atoms with Gasteiger partial charge in [0, 0.05) is 36.9 Å². The van der Waals surface area contributed by atoms with Crippen LogP contribution in [-0.2, 0) is 0 Å². The van der Waals surface area contributed by atoms with Crippen LogP contribution in [0, 0.1) is 0 Å². The number of benzene rings is 7. The summed E-state index contributed by atoms with van der Waals surface area (Å²) in [5, 5.41) is 9.64. The minimum absolute atomic E-state index is 0.666. The van der Waals surface area contributed by atoms with Gasteiger partial charge in [-0.2, -0.15) is 0 Å². The zero-order valence-corrected chi connectivity index (χ0v) is 23.8. The lowest BCUT2D eigenvalue weighted by Crippen LogP contribution is -2.00. The standard InChI is InChI=1S/C39H23N3S/c1-2-10-26-22-28(19-16-24(26)8-1)37-40-38(29-20-21-31-27(23-29)18-17-25-9-3-4-11-30(25)31)42-39(41-37)33-13-7-15-35-36(33)32-12-5-6-14-34(32)43-35/h1-23H. The molecule has 0 amide bonds. The normalized spacial score (nSPS) is 11.7. The van der Waals surface area contributed by atoms with E-state index in [1.54, 1.807) is 11.3 Å². The van der Waals surface area contributed by atoms with Crippen LogP contribution in [0.2, 0.25) is 0 Å². The van der Waals surface area contributed by atoms with Crippen molar-refractivity contribution in [2.75, 3.05) is 0 Å². The van der Waals surface area contributed by atoms with E-state index in [2.05, 4.69) is 140 Å². The molecule has 0 bridgehead atoms. The van der Waals surface area contributed by atoms with Crippen LogP contribution in [0.5, 0.6) is 0 Å². The second-order valence-electron chi connectivity index (χ2n) is 10.9. The summed E-state index contributed by atoms with van der Waals surface area (Å²) in [5.74, 6) is 2.02. The number of hydrogen-bond acceptors (Lipinski definition) is 4. The monoisotopic (exact) mass is 565 g/mol. The molecular weight excluding hydrogens is 543 g/mol. The number of hydrogen-bond donors (Lipinski definition) is 0. The Kier molecular flexibility index (Phi) is 5.37. The van der Waals surface area contributed by atoms with Gasteiger partial charge in [-0.3, -0.25) is 0 Å². The molecule has 200 valence electrons. The largest absolute Gasteiger partial charge is 0.208 e. The molecule has 3 nitrogen and oxygen atoms in total. The number of fused-ring (bicyclic) bond motifs is 7. The molecule has 0 spiro atoms. The van der Waals surface area contributed by atoms with Crippen LogP contribution < -0.4 is 0 Å². The molecule has 2 aromatic heterocycles. The Morgan fingerprint density at radius 1 is 0.372 bits per heavy atom. The van der Waals surface area contributed by atoms with Gasteiger partial charge in [0.1, 0.15) is 0 Å². The molecule has 0 aliphatic carbocycles. The van der Waals surface area contributed by atoms with Gasteiger partial charge >= 0.3 is 0 Å². The van der Waals surface area contributed by atoms with E-state index in [1.165, 1.54) is 41.7 Å². The van der Waals surface area contributed by atoms with Crippen molar-refractivity contribution >= 4 is 63.8 Å². The van der Waals surface area contributed by atoms with Crippen molar-refractivity contribution < 1.29 is 0 Å². The summed E-state index contributed by atoms with van der Waals surface area (Å²) in [4.78, 5) is 15.4. The van der Waals surface area contributed by atoms with Gasteiger partial charge in [0.15, 0.2) is 17.5 Å². The molecule has 0 fully saturated rings. The maximum atomic E-state index is 5.15. The van der Waals surface area contributed by atoms with Gasteiger partial charge in [-0.05, 0) is 56.6 Å². The van der Waals surface area contributed by atoms with Crippen molar-refractivity contribution in [1.82, 2.24) is 15.0 Å². The number of rotatable bonds is 3. The van der Waals surface area contributed by atoms with Crippen LogP contribution in [0.25, 0.3) is 86.7 Å². The summed E-state index contributed by atoms with van der Waals surface area (Å²) in [6.07, 6.45) is 0. The highest BCUT2D eigenvalue weighted by molar-refractivity contribution is 7.25. The third kappa shape index (κ3) is 3.99. The van der Waals surface area contributed by atoms with Crippen LogP contribution >= 0.6 is 11.3 Å². The Bertz CT molecular complexity index is 2530. The molecule has 0 unspecified atom stereocenters. The van der Waals surface area contributed by atoms with Crippen LogP contribution in [0.3, 0.4) is 0 Å². The molecule has 4 heteroatoms. The van der Waals surface area contributed by atoms with Crippen molar-refractivity contribution in [2.45, 2.75) is 0 Å². The second kappa shape index (κ2) is 9.55. The fourth-order valence-electron chi connectivity index (χ4n) is 6.20. The van der Waals surface area contributed by atoms with E-state index in [4.69, 9.17) is 15.0 Å². The van der Waals surface area contributed by atoms with Gasteiger partial charge in [0.2, 0.25) is 0 Å². The summed E-state index contributed by atoms with van der Waals surface area (Å²) < 4.78 is 2.49. The third-order valence-electron chi connectivity index (χ3n) is 8.29. The Morgan fingerprint density at radius 3 is 1.81 bits per heavy atom. The summed E-state index contributed by atoms with van der Waals surface area (Å²) in [7, 11) is 0. The molecule has 43 heavy (non-hydrogen) atoms. The van der Waals surface area contributed by atoms with Crippen molar-refractivity contribution in [3.63, 3.8) is 0 Å². The van der Waals surface area contributed by atoms with Crippen LogP contribution in [0.4, 0.5) is 0 Å². The van der Waals surface area contributed by atoms with Gasteiger partial charge in [0.25, 0.3) is 0 Å². The summed E-state index contributed by atoms with van der Waals surface area (Å²) in [5.41, 5.74) is 2.96. The first kappa shape index (κ1) is 24.2. The van der Waals surface area contributed by atoms with Crippen LogP contribution in [-0.4, -0.2) is 15.0 Å². The predicted molar refractivity (Wildman–Crippen MR) is 182 cm³/mol. The molecule has 0 atom stereocenters. The van der Waals surface area contributed by atoms with Crippen LogP contribution in [0.15, 0.2) is 140 Å². The molecular formula is C39H23N3S. The first-order chi connectivity index (χ1) is 21.3. The maximum Gasteiger partial charge on any atom is 0.164 e. The van der Waals surface area contributed by atoms with Gasteiger partial charge in [-0.25, -0.2) is 15.0 Å². The third-order valence-corrected chi connectivity index (χ3v) is 9.43. The second-order valence-corrected chi connectivity index (χ2v) is 12.0. The maximum absolute atomic E-state index is 5.15. The zero-order chi connectivity index (χ0) is 28.3. The van der Waals surface area contributed by atoms with E-state index in [0.717, 1.165) is 27.5 Å². The van der Waals surface area contributed by atoms with Crippen molar-refractivity contribution in [2.24, 2.45) is 0 Å². The van der Waals surface area contributed by atoms with Crippen molar-refractivity contribution in [1.29, 1.82) is 0 Å². The SMILES string of the molecule is c1ccc2cc(-c3nc(-c4ccc5c(ccc6ccccc65)c4)nc(-c4cccc5sc6ccccc6c45)n3)ccc2c1. The van der Waals surface area contributed by atoms with E-state index in [9.17, 15) is 0 Å². The van der Waals surface area contributed by atoms with E-state index >= 15 is 0 Å². The van der Waals surface area contributed by atoms with Crippen molar-refractivity contribution in [3.8, 4) is 34.2 Å². The molecule has 0 aliphatic rings. The van der Waals surface area contributed by atoms with E-state index in [1.807, 2.05) is 0 Å². The topological polar surface area (TPSA) is 38.7 Å². The van der Waals surface area contributed by atoms with E-state index in [-0.39, 0.29) is 0 Å². The minimum atomic E-state index is 0.666. The Balaban J connectivity index is 1.30. The Hall–Kier alpha value is -5.45. The van der Waals surface area contributed by atoms with Crippen LogP contribution in [0.1, 0.15) is 0 Å². The highest BCUT2D eigenvalue weighted by Gasteiger charge is 2.17. The highest BCUT2D eigenvalue weighted by Crippen LogP contribution is 2.40. The summed E-state index contributed by atoms with van der Waals surface area (Å²) >= 11 is 1.80. The summed E-state index contributed by atoms with van der Waals surface area (Å²) in [6.45, 7) is 0. The molecule has 0 N–H and O–H groups in total. The van der Waals surface area contributed by atoms with Gasteiger partial charge < -0.3 is 0 Å². The predicted octanol–water partition coefficient (Wildman–Crippen LogP) is 10.7. The quantitative estimate of drug-likeness (QED) is 0.200. The molecule has 9 rings (SSSR count). The minimum Gasteiger partial charge on any atom is -0.208 e. The molecule has 0 radical (unpaired) electrons. The van der Waals surface area contributed by atoms with E-state index < -0.39 is 0 Å². The molecule has 9 aromatic rings. The van der Waals surface area contributed by atoms with Gasteiger partial charge in [-0.15, -0.1) is 11.3 Å². The number of thiophene rings is 1. The molecule has 0 saturated carbocycles. The smallest absolute Gasteiger partial charge is 0.164 e. The number of aromatic nitrogens is 3. The Morgan fingerprint density at radius 2 is 0.953 bits per heavy atom. The molecule has 0 aliphatic heterocycles. The Labute approximate surface area is 251 Å². The fourth-order valence-corrected chi connectivity index (χ4v) is 7.33. The molecule has 0 saturated heterocycles.